The van der Waals surface area contributed by atoms with E-state index in [9.17, 15) is 24.0 Å². The number of hydrogen-bond acceptors (Lipinski definition) is 14. The molecule has 17 heteroatoms. The van der Waals surface area contributed by atoms with Crippen LogP contribution in [0.25, 0.3) is 0 Å². The minimum absolute atomic E-state index is 0.0310. The first-order valence-corrected chi connectivity index (χ1v) is 19.5. The normalized spacial score (nSPS) is 17.5. The van der Waals surface area contributed by atoms with Crippen molar-refractivity contribution in [3.05, 3.63) is 29.3 Å². The summed E-state index contributed by atoms with van der Waals surface area (Å²) >= 11 is 0. The SMILES string of the molecule is O=C1CCC(N2C(=O)c3cccc(NC(=O)CCCCCOCCOCCOCCOCCOCCOCCOCCOC4CCNCC4)c3C2=O)C(=O)N1. The molecule has 1 aromatic carbocycles. The molecule has 17 nitrogen and oxygen atoms in total. The summed E-state index contributed by atoms with van der Waals surface area (Å²) < 4.78 is 44.4. The minimum Gasteiger partial charge on any atom is -0.379 e. The van der Waals surface area contributed by atoms with E-state index in [4.69, 9.17) is 37.9 Å². The molecule has 308 valence electrons. The van der Waals surface area contributed by atoms with E-state index in [0.717, 1.165) is 43.7 Å². The van der Waals surface area contributed by atoms with E-state index in [1.54, 1.807) is 12.1 Å². The molecule has 5 amide bonds. The Morgan fingerprint density at radius 2 is 1.20 bits per heavy atom. The van der Waals surface area contributed by atoms with Crippen molar-refractivity contribution in [2.45, 2.75) is 63.5 Å². The summed E-state index contributed by atoms with van der Waals surface area (Å²) in [5.74, 6) is -2.70. The van der Waals surface area contributed by atoms with Crippen molar-refractivity contribution >= 4 is 35.2 Å². The van der Waals surface area contributed by atoms with Crippen molar-refractivity contribution in [3.63, 3.8) is 0 Å². The Labute approximate surface area is 322 Å². The first-order valence-electron chi connectivity index (χ1n) is 19.5. The van der Waals surface area contributed by atoms with E-state index in [1.807, 2.05) is 0 Å². The van der Waals surface area contributed by atoms with Crippen LogP contribution < -0.4 is 16.0 Å². The number of carbonyl (C=O) groups excluding carboxylic acids is 5. The van der Waals surface area contributed by atoms with Crippen LogP contribution in [0.15, 0.2) is 18.2 Å². The van der Waals surface area contributed by atoms with E-state index in [2.05, 4.69) is 16.0 Å². The van der Waals surface area contributed by atoms with Crippen LogP contribution in [-0.4, -0.2) is 159 Å². The second-order valence-electron chi connectivity index (χ2n) is 13.1. The number of nitrogens with one attached hydrogen (secondary N) is 3. The Kier molecular flexibility index (Phi) is 21.3. The number of imide groups is 2. The lowest BCUT2D eigenvalue weighted by Crippen LogP contribution is -2.54. The van der Waals surface area contributed by atoms with Crippen molar-refractivity contribution in [1.82, 2.24) is 15.5 Å². The van der Waals surface area contributed by atoms with Crippen molar-refractivity contribution in [1.29, 1.82) is 0 Å². The average molecular weight is 779 g/mol. The molecule has 0 aromatic heterocycles. The Morgan fingerprint density at radius 3 is 1.76 bits per heavy atom. The Morgan fingerprint density at radius 1 is 0.655 bits per heavy atom. The highest BCUT2D eigenvalue weighted by Gasteiger charge is 2.45. The van der Waals surface area contributed by atoms with Gasteiger partial charge in [-0.05, 0) is 57.3 Å². The highest BCUT2D eigenvalue weighted by molar-refractivity contribution is 6.26. The van der Waals surface area contributed by atoms with Gasteiger partial charge in [0.1, 0.15) is 6.04 Å². The lowest BCUT2D eigenvalue weighted by molar-refractivity contribution is -0.136. The average Bonchev–Trinajstić information content (AvgIpc) is 3.44. The van der Waals surface area contributed by atoms with Gasteiger partial charge >= 0.3 is 0 Å². The lowest BCUT2D eigenvalue weighted by atomic mass is 10.0. The molecule has 0 aliphatic carbocycles. The van der Waals surface area contributed by atoms with Crippen LogP contribution >= 0.6 is 0 Å². The molecular formula is C38H58N4O13. The van der Waals surface area contributed by atoms with Crippen molar-refractivity contribution < 1.29 is 61.9 Å². The Bertz CT molecular complexity index is 1340. The summed E-state index contributed by atoms with van der Waals surface area (Å²) in [6.07, 6.45) is 4.96. The number of carbonyl (C=O) groups is 5. The summed E-state index contributed by atoms with van der Waals surface area (Å²) in [6, 6.07) is 3.54. The number of ether oxygens (including phenoxy) is 8. The molecule has 2 saturated heterocycles. The van der Waals surface area contributed by atoms with Gasteiger partial charge in [-0.25, -0.2) is 0 Å². The van der Waals surface area contributed by atoms with Crippen molar-refractivity contribution in [3.8, 4) is 0 Å². The van der Waals surface area contributed by atoms with Crippen LogP contribution in [-0.2, 0) is 52.3 Å². The zero-order valence-electron chi connectivity index (χ0n) is 31.8. The van der Waals surface area contributed by atoms with E-state index in [0.29, 0.717) is 112 Å². The standard InChI is InChI=1S/C38H58N4O13/c43-33(40-31-6-4-5-30-35(31)38(47)42(37(30)46)32-8-9-34(44)41-36(32)45)7-2-1-3-14-48-15-16-49-17-18-50-19-20-51-21-22-52-23-24-53-25-26-54-27-28-55-29-10-12-39-13-11-29/h4-6,29,32,39H,1-3,7-28H2,(H,40,43)(H,41,44,45). The predicted molar refractivity (Wildman–Crippen MR) is 198 cm³/mol. The molecule has 2 fully saturated rings. The number of hydrogen-bond donors (Lipinski definition) is 3. The molecule has 55 heavy (non-hydrogen) atoms. The second kappa shape index (κ2) is 26.5. The van der Waals surface area contributed by atoms with Gasteiger partial charge < -0.3 is 48.5 Å². The van der Waals surface area contributed by atoms with Crippen LogP contribution in [0, 0.1) is 0 Å². The van der Waals surface area contributed by atoms with Crippen LogP contribution in [0.5, 0.6) is 0 Å². The number of fused-ring (bicyclic) bond motifs is 1. The number of benzene rings is 1. The summed E-state index contributed by atoms with van der Waals surface area (Å²) in [5.41, 5.74) is 0.392. The first-order chi connectivity index (χ1) is 27.0. The third kappa shape index (κ3) is 16.3. The zero-order chi connectivity index (χ0) is 38.9. The second-order valence-corrected chi connectivity index (χ2v) is 13.1. The lowest BCUT2D eigenvalue weighted by Gasteiger charge is -2.27. The molecule has 3 aliphatic heterocycles. The third-order valence-electron chi connectivity index (χ3n) is 9.03. The van der Waals surface area contributed by atoms with E-state index < -0.39 is 29.7 Å². The molecule has 3 aliphatic rings. The summed E-state index contributed by atoms with van der Waals surface area (Å²) in [6.45, 7) is 9.64. The number of amides is 5. The van der Waals surface area contributed by atoms with Crippen LogP contribution in [0.1, 0.15) is 72.1 Å². The van der Waals surface area contributed by atoms with Gasteiger partial charge in [0.2, 0.25) is 17.7 Å². The largest absolute Gasteiger partial charge is 0.379 e. The first kappa shape index (κ1) is 44.3. The number of nitrogens with zero attached hydrogens (tertiary/aromatic N) is 1. The number of piperidine rings is 2. The third-order valence-corrected chi connectivity index (χ3v) is 9.03. The van der Waals surface area contributed by atoms with Gasteiger partial charge in [-0.1, -0.05) is 12.5 Å². The maximum absolute atomic E-state index is 13.2. The Hall–Kier alpha value is -3.39. The quantitative estimate of drug-likeness (QED) is 0.0750. The van der Waals surface area contributed by atoms with Crippen molar-refractivity contribution in [2.24, 2.45) is 0 Å². The van der Waals surface area contributed by atoms with Crippen LogP contribution in [0.2, 0.25) is 0 Å². The summed E-state index contributed by atoms with van der Waals surface area (Å²) in [4.78, 5) is 63.5. The predicted octanol–water partition coefficient (Wildman–Crippen LogP) is 1.47. The highest BCUT2D eigenvalue weighted by atomic mass is 16.6. The fourth-order valence-corrected chi connectivity index (χ4v) is 6.16. The molecule has 0 radical (unpaired) electrons. The van der Waals surface area contributed by atoms with Crippen molar-refractivity contribution in [2.75, 3.05) is 118 Å². The number of anilines is 1. The monoisotopic (exact) mass is 778 g/mol. The summed E-state index contributed by atoms with van der Waals surface area (Å²) in [5, 5.41) is 8.23. The Balaban J connectivity index is 0.868. The highest BCUT2D eigenvalue weighted by Crippen LogP contribution is 2.32. The van der Waals surface area contributed by atoms with Crippen LogP contribution in [0.4, 0.5) is 5.69 Å². The van der Waals surface area contributed by atoms with Gasteiger partial charge in [0, 0.05) is 19.4 Å². The molecule has 1 unspecified atom stereocenters. The van der Waals surface area contributed by atoms with Gasteiger partial charge in [0.25, 0.3) is 11.8 Å². The van der Waals surface area contributed by atoms with Gasteiger partial charge in [0.15, 0.2) is 0 Å². The molecule has 0 spiro atoms. The molecule has 0 bridgehead atoms. The molecular weight excluding hydrogens is 720 g/mol. The van der Waals surface area contributed by atoms with Gasteiger partial charge in [-0.3, -0.25) is 34.2 Å². The van der Waals surface area contributed by atoms with Crippen LogP contribution in [0.3, 0.4) is 0 Å². The molecule has 3 heterocycles. The summed E-state index contributed by atoms with van der Waals surface area (Å²) in [7, 11) is 0. The van der Waals surface area contributed by atoms with E-state index in [1.165, 1.54) is 6.07 Å². The maximum Gasteiger partial charge on any atom is 0.264 e. The molecule has 1 atom stereocenters. The zero-order valence-corrected chi connectivity index (χ0v) is 31.8. The molecule has 0 saturated carbocycles. The molecule has 4 rings (SSSR count). The smallest absolute Gasteiger partial charge is 0.264 e. The fourth-order valence-electron chi connectivity index (χ4n) is 6.16. The van der Waals surface area contributed by atoms with E-state index >= 15 is 0 Å². The topological polar surface area (TPSA) is 199 Å². The molecule has 1 aromatic rings. The van der Waals surface area contributed by atoms with E-state index in [-0.39, 0.29) is 42.0 Å². The van der Waals surface area contributed by atoms with Gasteiger partial charge in [-0.2, -0.15) is 0 Å². The number of rotatable bonds is 30. The maximum atomic E-state index is 13.2. The van der Waals surface area contributed by atoms with Gasteiger partial charge in [-0.15, -0.1) is 0 Å². The molecule has 3 N–H and O–H groups in total. The minimum atomic E-state index is -1.07. The fraction of sp³-hybridized carbons (Fsp3) is 0.711. The van der Waals surface area contributed by atoms with Gasteiger partial charge in [0.05, 0.1) is 115 Å². The number of unbranched alkanes of at least 4 members (excludes halogenated alkanes) is 2.